The van der Waals surface area contributed by atoms with Crippen LogP contribution in [0.5, 0.6) is 0 Å². The normalized spacial score (nSPS) is 14.2. The molecule has 4 nitrogen and oxygen atoms in total. The lowest BCUT2D eigenvalue weighted by molar-refractivity contribution is 0.681. The Labute approximate surface area is 228 Å². The Morgan fingerprint density at radius 2 is 0.974 bits per heavy atom. The molecule has 5 aromatic rings. The summed E-state index contributed by atoms with van der Waals surface area (Å²) in [6.45, 7) is 0. The van der Waals surface area contributed by atoms with Gasteiger partial charge in [-0.15, -0.1) is 22.7 Å². The molecule has 0 saturated carbocycles. The molecule has 2 N–H and O–H groups in total. The van der Waals surface area contributed by atoms with Gasteiger partial charge in [0.15, 0.2) is 0 Å². The van der Waals surface area contributed by atoms with Gasteiger partial charge in [0.05, 0.1) is 33.8 Å². The van der Waals surface area contributed by atoms with Gasteiger partial charge in [-0.3, -0.25) is 0 Å². The van der Waals surface area contributed by atoms with E-state index in [1.165, 1.54) is 44.8 Å². The van der Waals surface area contributed by atoms with Crippen LogP contribution in [0.3, 0.4) is 0 Å². The number of hydrogen-bond acceptors (Lipinski definition) is 4. The van der Waals surface area contributed by atoms with Gasteiger partial charge in [0, 0.05) is 31.9 Å². The van der Waals surface area contributed by atoms with Gasteiger partial charge >= 0.3 is 0 Å². The molecule has 38 heavy (non-hydrogen) atoms. The van der Waals surface area contributed by atoms with Crippen molar-refractivity contribution in [1.29, 1.82) is 0 Å². The Bertz CT molecular complexity index is 1780. The molecule has 184 valence electrons. The first-order chi connectivity index (χ1) is 18.8. The molecule has 0 spiro atoms. The summed E-state index contributed by atoms with van der Waals surface area (Å²) in [6, 6.07) is 17.4. The summed E-state index contributed by atoms with van der Waals surface area (Å²) in [5, 5.41) is 4.29. The summed E-state index contributed by atoms with van der Waals surface area (Å²) in [5.41, 5.74) is 13.5. The van der Waals surface area contributed by atoms with E-state index in [1.54, 1.807) is 22.7 Å². The molecular formula is C32H24N4S2. The zero-order valence-corrected chi connectivity index (χ0v) is 22.3. The highest BCUT2D eigenvalue weighted by atomic mass is 32.1. The maximum Gasteiger partial charge on any atom is 0.0872 e. The molecule has 8 rings (SSSR count). The molecule has 0 atom stereocenters. The number of nitrogens with one attached hydrogen (secondary N) is 2. The standard InChI is InChI=1S/C32H24N4S2/c1-2-6-20-19(5-1)21-9-11-23(33-21)25-13-15-27(35-25)31(29-7-3-17-37-29)32(30-8-4-18-38-30)28-16-14-26(36-28)24-12-10-22(20)34-24/h3-4,7-18,35-36H,1-2,5-6H2. The van der Waals surface area contributed by atoms with Crippen LogP contribution < -0.4 is 0 Å². The second-order valence-corrected chi connectivity index (χ2v) is 11.8. The zero-order chi connectivity index (χ0) is 25.1. The number of fused-ring (bicyclic) bond motifs is 13. The van der Waals surface area contributed by atoms with Crippen molar-refractivity contribution >= 4 is 69.0 Å². The van der Waals surface area contributed by atoms with Crippen LogP contribution >= 0.6 is 22.7 Å². The zero-order valence-electron chi connectivity index (χ0n) is 20.6. The highest BCUT2D eigenvalue weighted by Crippen LogP contribution is 2.41. The number of rotatable bonds is 2. The van der Waals surface area contributed by atoms with Crippen molar-refractivity contribution in [3.8, 4) is 20.9 Å². The number of aromatic amines is 2. The number of H-pyrrole nitrogens is 2. The SMILES string of the molecule is C1=Cc2nc1c1c(c3nc(c4ccc([nH]4)c(-c4cccs4)c(-c4cccs4)c4ccc2[nH]4)C=C3)CCCC1. The lowest BCUT2D eigenvalue weighted by Crippen LogP contribution is -2.06. The maximum absolute atomic E-state index is 5.13. The van der Waals surface area contributed by atoms with Crippen LogP contribution in [0.2, 0.25) is 0 Å². The quantitative estimate of drug-likeness (QED) is 0.235. The molecule has 7 heterocycles. The first kappa shape index (κ1) is 22.0. The Balaban J connectivity index is 1.57. The number of thiophene rings is 2. The smallest absolute Gasteiger partial charge is 0.0872 e. The number of hydrogen-bond donors (Lipinski definition) is 2. The second kappa shape index (κ2) is 8.79. The first-order valence-electron chi connectivity index (χ1n) is 13.0. The van der Waals surface area contributed by atoms with Crippen LogP contribution in [0.1, 0.15) is 46.7 Å². The van der Waals surface area contributed by atoms with Crippen molar-refractivity contribution in [3.05, 3.63) is 93.2 Å². The van der Waals surface area contributed by atoms with E-state index in [-0.39, 0.29) is 0 Å². The third kappa shape index (κ3) is 3.56. The van der Waals surface area contributed by atoms with Crippen LogP contribution in [-0.4, -0.2) is 19.9 Å². The van der Waals surface area contributed by atoms with Crippen LogP contribution in [0.15, 0.2) is 59.3 Å². The molecule has 0 radical (unpaired) electrons. The van der Waals surface area contributed by atoms with Gasteiger partial charge in [-0.05, 0) is 108 Å². The Morgan fingerprint density at radius 1 is 0.526 bits per heavy atom. The largest absolute Gasteiger partial charge is 0.353 e. The number of nitrogens with zero attached hydrogens (tertiary/aromatic N) is 2. The summed E-state index contributed by atoms with van der Waals surface area (Å²) < 4.78 is 0. The third-order valence-electron chi connectivity index (χ3n) is 7.61. The average molecular weight is 529 g/mol. The molecule has 8 bridgehead atoms. The van der Waals surface area contributed by atoms with Crippen molar-refractivity contribution in [1.82, 2.24) is 19.9 Å². The Hall–Kier alpha value is -4.00. The van der Waals surface area contributed by atoms with Crippen LogP contribution in [-0.2, 0) is 12.8 Å². The molecule has 2 aliphatic heterocycles. The van der Waals surface area contributed by atoms with Crippen LogP contribution in [0.25, 0.3) is 67.3 Å². The third-order valence-corrected chi connectivity index (χ3v) is 9.39. The van der Waals surface area contributed by atoms with E-state index in [0.717, 1.165) is 57.7 Å². The average Bonchev–Trinajstić information content (AvgIpc) is 3.79. The van der Waals surface area contributed by atoms with Gasteiger partial charge in [0.2, 0.25) is 0 Å². The minimum absolute atomic E-state index is 0.984. The molecule has 0 amide bonds. The summed E-state index contributed by atoms with van der Waals surface area (Å²) in [7, 11) is 0. The minimum Gasteiger partial charge on any atom is -0.353 e. The summed E-state index contributed by atoms with van der Waals surface area (Å²) in [5.74, 6) is 0. The molecule has 0 unspecified atom stereocenters. The second-order valence-electron chi connectivity index (χ2n) is 9.87. The molecule has 1 aliphatic carbocycles. The molecule has 5 aromatic heterocycles. The van der Waals surface area contributed by atoms with Gasteiger partial charge < -0.3 is 9.97 Å². The highest BCUT2D eigenvalue weighted by Gasteiger charge is 2.20. The van der Waals surface area contributed by atoms with E-state index in [1.807, 2.05) is 0 Å². The Kier molecular flexibility index (Phi) is 5.10. The summed E-state index contributed by atoms with van der Waals surface area (Å²) in [4.78, 5) is 20.2. The first-order valence-corrected chi connectivity index (χ1v) is 14.8. The molecule has 6 heteroatoms. The van der Waals surface area contributed by atoms with E-state index < -0.39 is 0 Å². The Morgan fingerprint density at radius 3 is 1.42 bits per heavy atom. The van der Waals surface area contributed by atoms with Crippen molar-refractivity contribution in [2.45, 2.75) is 25.7 Å². The molecule has 0 saturated heterocycles. The van der Waals surface area contributed by atoms with Gasteiger partial charge in [-0.25, -0.2) is 9.97 Å². The lowest BCUT2D eigenvalue weighted by atomic mass is 9.90. The van der Waals surface area contributed by atoms with Crippen LogP contribution in [0, 0.1) is 0 Å². The molecule has 0 fully saturated rings. The van der Waals surface area contributed by atoms with E-state index in [0.29, 0.717) is 0 Å². The summed E-state index contributed by atoms with van der Waals surface area (Å²) >= 11 is 3.52. The predicted octanol–water partition coefficient (Wildman–Crippen LogP) is 8.99. The molecule has 3 aliphatic rings. The fourth-order valence-electron chi connectivity index (χ4n) is 5.83. The van der Waals surface area contributed by atoms with Gasteiger partial charge in [-0.1, -0.05) is 12.1 Å². The van der Waals surface area contributed by atoms with E-state index in [4.69, 9.17) is 9.97 Å². The fraction of sp³-hybridized carbons (Fsp3) is 0.125. The molecular weight excluding hydrogens is 505 g/mol. The lowest BCUT2D eigenvalue weighted by Gasteiger charge is -2.16. The van der Waals surface area contributed by atoms with Gasteiger partial charge in [-0.2, -0.15) is 0 Å². The van der Waals surface area contributed by atoms with Crippen LogP contribution in [0.4, 0.5) is 0 Å². The monoisotopic (exact) mass is 528 g/mol. The van der Waals surface area contributed by atoms with E-state index in [9.17, 15) is 0 Å². The molecule has 0 aromatic carbocycles. The van der Waals surface area contributed by atoms with Crippen molar-refractivity contribution in [2.24, 2.45) is 0 Å². The minimum atomic E-state index is 0.984. The van der Waals surface area contributed by atoms with Crippen molar-refractivity contribution in [3.63, 3.8) is 0 Å². The number of aromatic nitrogens is 4. The topological polar surface area (TPSA) is 57.4 Å². The maximum atomic E-state index is 5.13. The fourth-order valence-corrected chi connectivity index (χ4v) is 7.42. The van der Waals surface area contributed by atoms with Crippen molar-refractivity contribution in [2.75, 3.05) is 0 Å². The van der Waals surface area contributed by atoms with Gasteiger partial charge in [0.25, 0.3) is 0 Å². The van der Waals surface area contributed by atoms with E-state index >= 15 is 0 Å². The van der Waals surface area contributed by atoms with Gasteiger partial charge in [0.1, 0.15) is 0 Å². The summed E-state index contributed by atoms with van der Waals surface area (Å²) in [6.07, 6.45) is 13.2. The van der Waals surface area contributed by atoms with Crippen molar-refractivity contribution < 1.29 is 0 Å². The predicted molar refractivity (Wildman–Crippen MR) is 162 cm³/mol. The van der Waals surface area contributed by atoms with E-state index in [2.05, 4.69) is 93.6 Å². The highest BCUT2D eigenvalue weighted by molar-refractivity contribution is 7.14.